The largest absolute Gasteiger partial charge is 0.508 e. The monoisotopic (exact) mass is 374 g/mol. The van der Waals surface area contributed by atoms with Crippen molar-refractivity contribution in [3.63, 3.8) is 0 Å². The van der Waals surface area contributed by atoms with Crippen molar-refractivity contribution in [2.75, 3.05) is 11.9 Å². The molecule has 0 fully saturated rings. The fourth-order valence-electron chi connectivity index (χ4n) is 2.82. The predicted molar refractivity (Wildman–Crippen MR) is 109 cm³/mol. The lowest BCUT2D eigenvalue weighted by Gasteiger charge is -2.10. The van der Waals surface area contributed by atoms with Gasteiger partial charge in [-0.15, -0.1) is 0 Å². The highest BCUT2D eigenvalue weighted by atomic mass is 16.3. The summed E-state index contributed by atoms with van der Waals surface area (Å²) < 4.78 is 0. The normalized spacial score (nSPS) is 10.3. The van der Waals surface area contributed by atoms with Crippen LogP contribution in [0.4, 0.5) is 5.69 Å². The number of phenolic OH excluding ortho intramolecular Hbond substituents is 1. The molecule has 0 aliphatic rings. The van der Waals surface area contributed by atoms with E-state index >= 15 is 0 Å². The Kier molecular flexibility index (Phi) is 6.41. The molecule has 3 N–H and O–H groups in total. The molecule has 142 valence electrons. The molecule has 2 amide bonds. The van der Waals surface area contributed by atoms with Crippen LogP contribution in [0.25, 0.3) is 0 Å². The third-order valence-electron chi connectivity index (χ3n) is 4.30. The quantitative estimate of drug-likeness (QED) is 0.554. The molecule has 0 aliphatic heterocycles. The zero-order chi connectivity index (χ0) is 19.8. The number of nitrogens with one attached hydrogen (secondary N) is 2. The minimum absolute atomic E-state index is 0.0240. The van der Waals surface area contributed by atoms with E-state index in [1.807, 2.05) is 36.4 Å². The molecule has 28 heavy (non-hydrogen) atoms. The summed E-state index contributed by atoms with van der Waals surface area (Å²) in [5.41, 5.74) is 2.67. The Balaban J connectivity index is 1.56. The maximum atomic E-state index is 12.3. The summed E-state index contributed by atoms with van der Waals surface area (Å²) in [4.78, 5) is 24.5. The molecular formula is C23H22N2O3. The van der Waals surface area contributed by atoms with Gasteiger partial charge >= 0.3 is 0 Å². The Bertz CT molecular complexity index is 941. The molecule has 0 saturated heterocycles. The third kappa shape index (κ3) is 5.45. The molecular weight excluding hydrogens is 352 g/mol. The van der Waals surface area contributed by atoms with Gasteiger partial charge in [-0.2, -0.15) is 0 Å². The van der Waals surface area contributed by atoms with Gasteiger partial charge in [0.2, 0.25) is 5.91 Å². The predicted octanol–water partition coefficient (Wildman–Crippen LogP) is 3.55. The van der Waals surface area contributed by atoms with E-state index in [2.05, 4.69) is 10.6 Å². The molecule has 0 aliphatic carbocycles. The van der Waals surface area contributed by atoms with Crippen LogP contribution in [0.15, 0.2) is 78.9 Å². The van der Waals surface area contributed by atoms with E-state index in [4.69, 9.17) is 0 Å². The Morgan fingerprint density at radius 2 is 1.54 bits per heavy atom. The second kappa shape index (κ2) is 9.37. The minimum atomic E-state index is -0.246. The van der Waals surface area contributed by atoms with Gasteiger partial charge in [0.1, 0.15) is 5.75 Å². The molecule has 3 rings (SSSR count). The lowest BCUT2D eigenvalue weighted by atomic mass is 10.1. The van der Waals surface area contributed by atoms with Gasteiger partial charge in [0, 0.05) is 23.4 Å². The highest BCUT2D eigenvalue weighted by Crippen LogP contribution is 2.22. The first kappa shape index (κ1) is 19.2. The van der Waals surface area contributed by atoms with Crippen LogP contribution in [0.3, 0.4) is 0 Å². The molecule has 0 spiro atoms. The number of aromatic hydroxyl groups is 1. The van der Waals surface area contributed by atoms with Crippen molar-refractivity contribution in [3.8, 4) is 5.75 Å². The Morgan fingerprint density at radius 1 is 0.857 bits per heavy atom. The van der Waals surface area contributed by atoms with Crippen LogP contribution in [0.1, 0.15) is 21.5 Å². The fourth-order valence-corrected chi connectivity index (χ4v) is 2.82. The summed E-state index contributed by atoms with van der Waals surface area (Å²) >= 11 is 0. The number of benzene rings is 3. The van der Waals surface area contributed by atoms with Gasteiger partial charge in [-0.3, -0.25) is 9.59 Å². The van der Waals surface area contributed by atoms with E-state index in [0.29, 0.717) is 23.4 Å². The lowest BCUT2D eigenvalue weighted by Crippen LogP contribution is -2.27. The van der Waals surface area contributed by atoms with Gasteiger partial charge in [0.25, 0.3) is 5.91 Å². The summed E-state index contributed by atoms with van der Waals surface area (Å²) in [5, 5.41) is 15.7. The highest BCUT2D eigenvalue weighted by Gasteiger charge is 2.11. The van der Waals surface area contributed by atoms with Gasteiger partial charge < -0.3 is 15.7 Å². The average Bonchev–Trinajstić information content (AvgIpc) is 2.72. The second-order valence-electron chi connectivity index (χ2n) is 6.43. The molecule has 0 bridgehead atoms. The van der Waals surface area contributed by atoms with Crippen LogP contribution in [0, 0.1) is 0 Å². The van der Waals surface area contributed by atoms with E-state index in [1.165, 1.54) is 6.07 Å². The summed E-state index contributed by atoms with van der Waals surface area (Å²) in [7, 11) is 0. The Morgan fingerprint density at radius 3 is 2.25 bits per heavy atom. The molecule has 0 saturated carbocycles. The molecule has 0 unspecified atom stereocenters. The Labute approximate surface area is 164 Å². The van der Waals surface area contributed by atoms with Crippen molar-refractivity contribution in [2.45, 2.75) is 12.8 Å². The van der Waals surface area contributed by atoms with Crippen molar-refractivity contribution in [1.82, 2.24) is 5.32 Å². The topological polar surface area (TPSA) is 78.4 Å². The summed E-state index contributed by atoms with van der Waals surface area (Å²) in [5.74, 6) is -0.404. The zero-order valence-corrected chi connectivity index (χ0v) is 15.4. The van der Waals surface area contributed by atoms with Crippen molar-refractivity contribution >= 4 is 17.5 Å². The third-order valence-corrected chi connectivity index (χ3v) is 4.30. The SMILES string of the molecule is O=C(Cc1cc(NC(=O)c2ccccc2)ccc1O)NCCc1ccccc1. The number of hydrogen-bond donors (Lipinski definition) is 3. The second-order valence-corrected chi connectivity index (χ2v) is 6.43. The van der Waals surface area contributed by atoms with E-state index in [0.717, 1.165) is 12.0 Å². The van der Waals surface area contributed by atoms with E-state index in [9.17, 15) is 14.7 Å². The lowest BCUT2D eigenvalue weighted by molar-refractivity contribution is -0.120. The van der Waals surface area contributed by atoms with Crippen LogP contribution >= 0.6 is 0 Å². The summed E-state index contributed by atoms with van der Waals surface area (Å²) in [6, 6.07) is 23.5. The molecule has 0 aromatic heterocycles. The van der Waals surface area contributed by atoms with Crippen LogP contribution in [0.5, 0.6) is 5.75 Å². The van der Waals surface area contributed by atoms with Crippen LogP contribution in [-0.2, 0) is 17.6 Å². The summed E-state index contributed by atoms with van der Waals surface area (Å²) in [6.45, 7) is 0.522. The maximum Gasteiger partial charge on any atom is 0.255 e. The van der Waals surface area contributed by atoms with Crippen molar-refractivity contribution < 1.29 is 14.7 Å². The Hall–Kier alpha value is -3.60. The van der Waals surface area contributed by atoms with Crippen LogP contribution in [0.2, 0.25) is 0 Å². The molecule has 3 aromatic carbocycles. The number of amides is 2. The molecule has 5 heteroatoms. The maximum absolute atomic E-state index is 12.3. The zero-order valence-electron chi connectivity index (χ0n) is 15.4. The number of anilines is 1. The molecule has 5 nitrogen and oxygen atoms in total. The van der Waals surface area contributed by atoms with E-state index in [-0.39, 0.29) is 24.0 Å². The van der Waals surface area contributed by atoms with Gasteiger partial charge in [-0.05, 0) is 42.3 Å². The first-order valence-corrected chi connectivity index (χ1v) is 9.11. The average molecular weight is 374 g/mol. The summed E-state index contributed by atoms with van der Waals surface area (Å²) in [6.07, 6.45) is 0.779. The van der Waals surface area contributed by atoms with Gasteiger partial charge in [0.05, 0.1) is 6.42 Å². The highest BCUT2D eigenvalue weighted by molar-refractivity contribution is 6.04. The number of carbonyl (C=O) groups excluding carboxylic acids is 2. The first-order chi connectivity index (χ1) is 13.6. The number of hydrogen-bond acceptors (Lipinski definition) is 3. The molecule has 3 aromatic rings. The van der Waals surface area contributed by atoms with E-state index < -0.39 is 0 Å². The number of phenols is 1. The molecule has 0 atom stereocenters. The molecule has 0 radical (unpaired) electrons. The standard InChI is InChI=1S/C23H22N2O3/c26-21-12-11-20(25-23(28)18-9-5-2-6-10-18)15-19(21)16-22(27)24-14-13-17-7-3-1-4-8-17/h1-12,15,26H,13-14,16H2,(H,24,27)(H,25,28). The smallest absolute Gasteiger partial charge is 0.255 e. The van der Waals surface area contributed by atoms with Gasteiger partial charge in [0.15, 0.2) is 0 Å². The number of carbonyl (C=O) groups is 2. The van der Waals surface area contributed by atoms with Crippen molar-refractivity contribution in [3.05, 3.63) is 95.6 Å². The minimum Gasteiger partial charge on any atom is -0.508 e. The van der Waals surface area contributed by atoms with Gasteiger partial charge in [-0.25, -0.2) is 0 Å². The van der Waals surface area contributed by atoms with Crippen LogP contribution < -0.4 is 10.6 Å². The number of rotatable bonds is 7. The van der Waals surface area contributed by atoms with Gasteiger partial charge in [-0.1, -0.05) is 48.5 Å². The fraction of sp³-hybridized carbons (Fsp3) is 0.130. The van der Waals surface area contributed by atoms with E-state index in [1.54, 1.807) is 36.4 Å². The first-order valence-electron chi connectivity index (χ1n) is 9.11. The van der Waals surface area contributed by atoms with Crippen molar-refractivity contribution in [2.24, 2.45) is 0 Å². The van der Waals surface area contributed by atoms with Crippen LogP contribution in [-0.4, -0.2) is 23.5 Å². The molecule has 0 heterocycles. The van der Waals surface area contributed by atoms with Crippen molar-refractivity contribution in [1.29, 1.82) is 0 Å².